The number of aromatic nitrogens is 2. The van der Waals surface area contributed by atoms with Crippen LogP contribution in [0.15, 0.2) is 24.5 Å². The molecule has 0 unspecified atom stereocenters. The van der Waals surface area contributed by atoms with E-state index < -0.39 is 0 Å². The van der Waals surface area contributed by atoms with Crippen LogP contribution < -0.4 is 0 Å². The SMILES string of the molecule is CC(=O)c1cc(-c2cc(C)ncc2C)c[nH]1. The zero-order valence-corrected chi connectivity index (χ0v) is 9.66. The van der Waals surface area contributed by atoms with Crippen LogP contribution in [0.3, 0.4) is 0 Å². The zero-order valence-electron chi connectivity index (χ0n) is 9.66. The Bertz CT molecular complexity index is 541. The van der Waals surface area contributed by atoms with Gasteiger partial charge in [0.05, 0.1) is 5.69 Å². The average molecular weight is 214 g/mol. The summed E-state index contributed by atoms with van der Waals surface area (Å²) in [6.45, 7) is 5.53. The summed E-state index contributed by atoms with van der Waals surface area (Å²) in [5.74, 6) is 0.0506. The minimum absolute atomic E-state index is 0.0506. The van der Waals surface area contributed by atoms with E-state index in [2.05, 4.69) is 9.97 Å². The van der Waals surface area contributed by atoms with Gasteiger partial charge < -0.3 is 4.98 Å². The van der Waals surface area contributed by atoms with Crippen LogP contribution in [0.1, 0.15) is 28.7 Å². The fraction of sp³-hybridized carbons (Fsp3) is 0.231. The lowest BCUT2D eigenvalue weighted by Crippen LogP contribution is -1.90. The molecule has 0 saturated carbocycles. The van der Waals surface area contributed by atoms with Gasteiger partial charge in [-0.2, -0.15) is 0 Å². The van der Waals surface area contributed by atoms with E-state index in [1.807, 2.05) is 38.4 Å². The average Bonchev–Trinajstić information content (AvgIpc) is 2.70. The molecule has 0 aliphatic heterocycles. The lowest BCUT2D eigenvalue weighted by molar-refractivity contribution is 0.101. The first-order valence-electron chi connectivity index (χ1n) is 5.21. The maximum Gasteiger partial charge on any atom is 0.175 e. The van der Waals surface area contributed by atoms with Crippen molar-refractivity contribution in [3.8, 4) is 11.1 Å². The second-order valence-electron chi connectivity index (χ2n) is 4.00. The highest BCUT2D eigenvalue weighted by molar-refractivity contribution is 5.93. The number of hydrogen-bond donors (Lipinski definition) is 1. The number of carbonyl (C=O) groups is 1. The van der Waals surface area contributed by atoms with E-state index in [9.17, 15) is 4.79 Å². The fourth-order valence-electron chi connectivity index (χ4n) is 1.69. The molecule has 0 bridgehead atoms. The van der Waals surface area contributed by atoms with Crippen molar-refractivity contribution in [2.24, 2.45) is 0 Å². The molecular weight excluding hydrogens is 200 g/mol. The molecule has 16 heavy (non-hydrogen) atoms. The Morgan fingerprint density at radius 1 is 1.31 bits per heavy atom. The van der Waals surface area contributed by atoms with Crippen LogP contribution in [0.5, 0.6) is 0 Å². The predicted octanol–water partition coefficient (Wildman–Crippen LogP) is 2.90. The molecule has 82 valence electrons. The third-order valence-corrected chi connectivity index (χ3v) is 2.61. The van der Waals surface area contributed by atoms with Crippen LogP contribution in [-0.4, -0.2) is 15.8 Å². The topological polar surface area (TPSA) is 45.8 Å². The summed E-state index contributed by atoms with van der Waals surface area (Å²) in [7, 11) is 0. The lowest BCUT2D eigenvalue weighted by atomic mass is 10.0. The summed E-state index contributed by atoms with van der Waals surface area (Å²) in [6.07, 6.45) is 3.71. The van der Waals surface area contributed by atoms with Gasteiger partial charge in [0.15, 0.2) is 5.78 Å². The van der Waals surface area contributed by atoms with Gasteiger partial charge in [0.25, 0.3) is 0 Å². The highest BCUT2D eigenvalue weighted by atomic mass is 16.1. The van der Waals surface area contributed by atoms with Gasteiger partial charge in [-0.15, -0.1) is 0 Å². The van der Waals surface area contributed by atoms with Crippen molar-refractivity contribution in [1.29, 1.82) is 0 Å². The van der Waals surface area contributed by atoms with Crippen molar-refractivity contribution in [1.82, 2.24) is 9.97 Å². The maximum atomic E-state index is 11.2. The summed E-state index contributed by atoms with van der Waals surface area (Å²) >= 11 is 0. The van der Waals surface area contributed by atoms with Crippen molar-refractivity contribution >= 4 is 5.78 Å². The molecule has 2 aromatic rings. The van der Waals surface area contributed by atoms with E-state index >= 15 is 0 Å². The molecule has 3 heteroatoms. The van der Waals surface area contributed by atoms with E-state index in [1.165, 1.54) is 0 Å². The van der Waals surface area contributed by atoms with Crippen LogP contribution in [0.4, 0.5) is 0 Å². The quantitative estimate of drug-likeness (QED) is 0.781. The lowest BCUT2D eigenvalue weighted by Gasteiger charge is -2.03. The highest BCUT2D eigenvalue weighted by Crippen LogP contribution is 2.24. The number of rotatable bonds is 2. The van der Waals surface area contributed by atoms with E-state index in [0.717, 1.165) is 22.4 Å². The van der Waals surface area contributed by atoms with Crippen molar-refractivity contribution < 1.29 is 4.79 Å². The Morgan fingerprint density at radius 3 is 2.69 bits per heavy atom. The molecule has 0 atom stereocenters. The van der Waals surface area contributed by atoms with Crippen molar-refractivity contribution in [2.75, 3.05) is 0 Å². The molecule has 0 aromatic carbocycles. The third kappa shape index (κ3) is 1.89. The minimum Gasteiger partial charge on any atom is -0.358 e. The largest absolute Gasteiger partial charge is 0.358 e. The Morgan fingerprint density at radius 2 is 2.06 bits per heavy atom. The van der Waals surface area contributed by atoms with E-state index in [4.69, 9.17) is 0 Å². The normalized spacial score (nSPS) is 10.4. The second-order valence-corrected chi connectivity index (χ2v) is 4.00. The zero-order chi connectivity index (χ0) is 11.7. The van der Waals surface area contributed by atoms with Crippen LogP contribution in [-0.2, 0) is 0 Å². The molecule has 2 heterocycles. The van der Waals surface area contributed by atoms with Gasteiger partial charge in [-0.25, -0.2) is 0 Å². The van der Waals surface area contributed by atoms with Crippen LogP contribution in [0.2, 0.25) is 0 Å². The summed E-state index contributed by atoms with van der Waals surface area (Å²) in [5.41, 5.74) is 4.89. The van der Waals surface area contributed by atoms with Gasteiger partial charge in [-0.1, -0.05) is 0 Å². The molecule has 0 fully saturated rings. The van der Waals surface area contributed by atoms with Crippen molar-refractivity contribution in [2.45, 2.75) is 20.8 Å². The first kappa shape index (κ1) is 10.6. The summed E-state index contributed by atoms with van der Waals surface area (Å²) in [4.78, 5) is 18.4. The molecule has 0 amide bonds. The van der Waals surface area contributed by atoms with Gasteiger partial charge >= 0.3 is 0 Å². The minimum atomic E-state index is 0.0506. The molecule has 0 radical (unpaired) electrons. The molecule has 0 aliphatic rings. The van der Waals surface area contributed by atoms with Gasteiger partial charge in [0.2, 0.25) is 0 Å². The van der Waals surface area contributed by atoms with Crippen molar-refractivity contribution in [3.63, 3.8) is 0 Å². The monoisotopic (exact) mass is 214 g/mol. The standard InChI is InChI=1S/C13H14N2O/c1-8-6-14-9(2)4-12(8)11-5-13(10(3)16)15-7-11/h4-7,15H,1-3H3. The smallest absolute Gasteiger partial charge is 0.175 e. The van der Waals surface area contributed by atoms with E-state index in [0.29, 0.717) is 5.69 Å². The number of pyridine rings is 1. The first-order chi connectivity index (χ1) is 7.58. The Kier molecular flexibility index (Phi) is 2.60. The van der Waals surface area contributed by atoms with Gasteiger partial charge in [-0.3, -0.25) is 9.78 Å². The molecule has 0 aliphatic carbocycles. The first-order valence-corrected chi connectivity index (χ1v) is 5.21. The maximum absolute atomic E-state index is 11.2. The van der Waals surface area contributed by atoms with Crippen LogP contribution >= 0.6 is 0 Å². The molecule has 1 N–H and O–H groups in total. The van der Waals surface area contributed by atoms with Crippen molar-refractivity contribution in [3.05, 3.63) is 41.5 Å². The third-order valence-electron chi connectivity index (χ3n) is 2.61. The second kappa shape index (κ2) is 3.93. The number of carbonyl (C=O) groups excluding carboxylic acids is 1. The summed E-state index contributed by atoms with van der Waals surface area (Å²) < 4.78 is 0. The number of aromatic amines is 1. The van der Waals surface area contributed by atoms with Crippen LogP contribution in [0, 0.1) is 13.8 Å². The number of Topliss-reactive ketones (excluding diaryl/α,β-unsaturated/α-hetero) is 1. The van der Waals surface area contributed by atoms with Gasteiger partial charge in [0, 0.05) is 30.6 Å². The number of nitrogens with zero attached hydrogens (tertiary/aromatic N) is 1. The Hall–Kier alpha value is -1.90. The van der Waals surface area contributed by atoms with Gasteiger partial charge in [-0.05, 0) is 37.1 Å². The molecule has 0 spiro atoms. The Labute approximate surface area is 94.5 Å². The fourth-order valence-corrected chi connectivity index (χ4v) is 1.69. The van der Waals surface area contributed by atoms with E-state index in [1.54, 1.807) is 6.92 Å². The molecule has 2 aromatic heterocycles. The molecule has 3 nitrogen and oxygen atoms in total. The Balaban J connectivity index is 2.50. The number of ketones is 1. The summed E-state index contributed by atoms with van der Waals surface area (Å²) in [6, 6.07) is 3.91. The molecule has 2 rings (SSSR count). The molecular formula is C13H14N2O. The highest BCUT2D eigenvalue weighted by Gasteiger charge is 2.07. The predicted molar refractivity (Wildman–Crippen MR) is 63.5 cm³/mol. The van der Waals surface area contributed by atoms with E-state index in [-0.39, 0.29) is 5.78 Å². The van der Waals surface area contributed by atoms with Gasteiger partial charge in [0.1, 0.15) is 0 Å². The van der Waals surface area contributed by atoms with Crippen LogP contribution in [0.25, 0.3) is 11.1 Å². The molecule has 0 saturated heterocycles. The number of aryl methyl sites for hydroxylation is 2. The summed E-state index contributed by atoms with van der Waals surface area (Å²) in [5, 5.41) is 0. The number of nitrogens with one attached hydrogen (secondary N) is 1. The number of H-pyrrole nitrogens is 1. The number of hydrogen-bond acceptors (Lipinski definition) is 2.